The lowest BCUT2D eigenvalue weighted by atomic mass is 9.90. The van der Waals surface area contributed by atoms with Crippen LogP contribution in [0.15, 0.2) is 73.1 Å². The van der Waals surface area contributed by atoms with Crippen molar-refractivity contribution in [3.8, 4) is 0 Å². The van der Waals surface area contributed by atoms with Crippen molar-refractivity contribution in [3.05, 3.63) is 94.8 Å². The molecule has 1 aliphatic rings. The van der Waals surface area contributed by atoms with Gasteiger partial charge in [0.1, 0.15) is 6.04 Å². The average Bonchev–Trinajstić information content (AvgIpc) is 3.31. The number of halogens is 1. The second-order valence-corrected chi connectivity index (χ2v) is 8.39. The van der Waals surface area contributed by atoms with Gasteiger partial charge in [0.25, 0.3) is 0 Å². The Bertz CT molecular complexity index is 1050. The summed E-state index contributed by atoms with van der Waals surface area (Å²) >= 11 is 6.08. The minimum Gasteiger partial charge on any atom is -0.357 e. The Balaban J connectivity index is 1.60. The lowest BCUT2D eigenvalue weighted by molar-refractivity contribution is -0.142. The predicted octanol–water partition coefficient (Wildman–Crippen LogP) is 4.01. The Morgan fingerprint density at radius 2 is 1.71 bits per heavy atom. The molecule has 2 amide bonds. The quantitative estimate of drug-likeness (QED) is 0.636. The van der Waals surface area contributed by atoms with E-state index >= 15 is 0 Å². The molecule has 2 heterocycles. The van der Waals surface area contributed by atoms with Crippen LogP contribution in [-0.2, 0) is 29.1 Å². The van der Waals surface area contributed by atoms with E-state index in [1.54, 1.807) is 11.9 Å². The summed E-state index contributed by atoms with van der Waals surface area (Å²) in [6.07, 6.45) is 4.84. The van der Waals surface area contributed by atoms with Crippen LogP contribution >= 0.6 is 11.6 Å². The molecule has 0 fully saturated rings. The van der Waals surface area contributed by atoms with E-state index in [9.17, 15) is 9.59 Å². The van der Waals surface area contributed by atoms with Gasteiger partial charge in [0.05, 0.1) is 0 Å². The Kier molecular flexibility index (Phi) is 6.42. The number of fused-ring (bicyclic) bond motifs is 1. The van der Waals surface area contributed by atoms with Gasteiger partial charge >= 0.3 is 0 Å². The molecule has 1 N–H and O–H groups in total. The maximum absolute atomic E-state index is 13.5. The van der Waals surface area contributed by atoms with Gasteiger partial charge in [-0.3, -0.25) is 9.59 Å². The van der Waals surface area contributed by atoms with Gasteiger partial charge in [-0.15, -0.1) is 0 Å². The number of likely N-dealkylation sites (N-methyl/N-ethyl adjacent to an activating group) is 1. The lowest BCUT2D eigenvalue weighted by Crippen LogP contribution is -2.52. The van der Waals surface area contributed by atoms with Crippen molar-refractivity contribution in [1.29, 1.82) is 0 Å². The number of aromatic nitrogens is 1. The highest BCUT2D eigenvalue weighted by Crippen LogP contribution is 2.29. The van der Waals surface area contributed by atoms with Crippen molar-refractivity contribution in [2.75, 3.05) is 7.05 Å². The number of amides is 2. The highest BCUT2D eigenvalue weighted by molar-refractivity contribution is 6.30. The van der Waals surface area contributed by atoms with Crippen molar-refractivity contribution < 1.29 is 9.59 Å². The first-order valence-corrected chi connectivity index (χ1v) is 10.9. The molecule has 0 aliphatic carbocycles. The van der Waals surface area contributed by atoms with Gasteiger partial charge in [-0.05, 0) is 41.0 Å². The molecule has 2 aromatic carbocycles. The Hall–Kier alpha value is -3.05. The van der Waals surface area contributed by atoms with E-state index in [0.29, 0.717) is 31.0 Å². The van der Waals surface area contributed by atoms with Gasteiger partial charge in [0.15, 0.2) is 0 Å². The fraction of sp³-hybridized carbons (Fsp3) is 0.280. The van der Waals surface area contributed by atoms with Crippen molar-refractivity contribution in [2.24, 2.45) is 0 Å². The summed E-state index contributed by atoms with van der Waals surface area (Å²) in [6.45, 7) is 1.12. The number of carbonyl (C=O) groups excluding carboxylic acids is 2. The second kappa shape index (κ2) is 9.40. The zero-order valence-electron chi connectivity index (χ0n) is 17.5. The zero-order valence-corrected chi connectivity index (χ0v) is 18.3. The second-order valence-electron chi connectivity index (χ2n) is 7.96. The molecule has 2 atom stereocenters. The van der Waals surface area contributed by atoms with Crippen LogP contribution < -0.4 is 5.32 Å². The highest BCUT2D eigenvalue weighted by Gasteiger charge is 2.35. The molecular weight excluding hydrogens is 410 g/mol. The van der Waals surface area contributed by atoms with Crippen LogP contribution in [0.5, 0.6) is 0 Å². The third kappa shape index (κ3) is 4.83. The third-order valence-corrected chi connectivity index (χ3v) is 6.23. The summed E-state index contributed by atoms with van der Waals surface area (Å²) in [6, 6.07) is 19.1. The molecule has 0 radical (unpaired) electrons. The highest BCUT2D eigenvalue weighted by atomic mass is 35.5. The lowest BCUT2D eigenvalue weighted by Gasteiger charge is -2.36. The molecule has 0 spiro atoms. The maximum Gasteiger partial charge on any atom is 0.242 e. The molecule has 0 saturated heterocycles. The minimum atomic E-state index is -0.496. The molecule has 1 aromatic heterocycles. The van der Waals surface area contributed by atoms with E-state index < -0.39 is 6.04 Å². The topological polar surface area (TPSA) is 54.3 Å². The standard InChI is InChI=1S/C25H26ClN3O2/c1-27-25(31)23-14-19-6-2-3-7-20(19)17-29(23)24(30)15-21(16-28-12-4-5-13-28)18-8-10-22(26)11-9-18/h2-13,21,23H,14-17H2,1H3,(H,27,31)/t21-,23+/m1/s1. The Morgan fingerprint density at radius 3 is 2.39 bits per heavy atom. The number of nitrogens with one attached hydrogen (secondary N) is 1. The normalized spacial score (nSPS) is 16.5. The molecule has 1 aliphatic heterocycles. The summed E-state index contributed by atoms with van der Waals surface area (Å²) in [5.41, 5.74) is 3.28. The number of benzene rings is 2. The van der Waals surface area contributed by atoms with Crippen LogP contribution in [0.2, 0.25) is 5.02 Å². The molecule has 0 bridgehead atoms. The van der Waals surface area contributed by atoms with Crippen molar-refractivity contribution >= 4 is 23.4 Å². The van der Waals surface area contributed by atoms with Crippen LogP contribution in [0.1, 0.15) is 29.0 Å². The molecule has 4 rings (SSSR count). The van der Waals surface area contributed by atoms with E-state index in [4.69, 9.17) is 11.6 Å². The minimum absolute atomic E-state index is 0.0183. The Labute approximate surface area is 187 Å². The summed E-state index contributed by atoms with van der Waals surface area (Å²) in [5, 5.41) is 3.39. The van der Waals surface area contributed by atoms with Crippen LogP contribution in [0.25, 0.3) is 0 Å². The fourth-order valence-electron chi connectivity index (χ4n) is 4.28. The molecule has 0 unspecified atom stereocenters. The summed E-state index contributed by atoms with van der Waals surface area (Å²) in [5.74, 6) is -0.175. The number of carbonyl (C=O) groups is 2. The molecular formula is C25H26ClN3O2. The molecule has 0 saturated carbocycles. The summed E-state index contributed by atoms with van der Waals surface area (Å²) in [7, 11) is 1.62. The van der Waals surface area contributed by atoms with Crippen molar-refractivity contribution in [3.63, 3.8) is 0 Å². The van der Waals surface area contributed by atoms with Crippen LogP contribution in [0.3, 0.4) is 0 Å². The maximum atomic E-state index is 13.5. The van der Waals surface area contributed by atoms with Gasteiger partial charge in [-0.2, -0.15) is 0 Å². The molecule has 160 valence electrons. The van der Waals surface area contributed by atoms with E-state index in [0.717, 1.165) is 16.7 Å². The first-order chi connectivity index (χ1) is 15.0. The predicted molar refractivity (Wildman–Crippen MR) is 122 cm³/mol. The van der Waals surface area contributed by atoms with E-state index in [1.807, 2.05) is 73.1 Å². The van der Waals surface area contributed by atoms with Crippen molar-refractivity contribution in [1.82, 2.24) is 14.8 Å². The first-order valence-electron chi connectivity index (χ1n) is 10.5. The third-order valence-electron chi connectivity index (χ3n) is 5.98. The average molecular weight is 436 g/mol. The summed E-state index contributed by atoms with van der Waals surface area (Å²) < 4.78 is 2.08. The number of hydrogen-bond donors (Lipinski definition) is 1. The molecule has 6 heteroatoms. The summed E-state index contributed by atoms with van der Waals surface area (Å²) in [4.78, 5) is 27.9. The molecule has 3 aromatic rings. The van der Waals surface area contributed by atoms with Crippen molar-refractivity contribution in [2.45, 2.75) is 37.9 Å². The monoisotopic (exact) mass is 435 g/mol. The number of nitrogens with zero attached hydrogens (tertiary/aromatic N) is 2. The van der Waals surface area contributed by atoms with Crippen LogP contribution in [0.4, 0.5) is 0 Å². The number of hydrogen-bond acceptors (Lipinski definition) is 2. The van der Waals surface area contributed by atoms with Crippen LogP contribution in [-0.4, -0.2) is 34.4 Å². The zero-order chi connectivity index (χ0) is 21.8. The largest absolute Gasteiger partial charge is 0.357 e. The van der Waals surface area contributed by atoms with E-state index in [-0.39, 0.29) is 17.7 Å². The van der Waals surface area contributed by atoms with Gasteiger partial charge in [0.2, 0.25) is 11.8 Å². The SMILES string of the molecule is CNC(=O)[C@@H]1Cc2ccccc2CN1C(=O)C[C@H](Cn1cccc1)c1ccc(Cl)cc1. The first kappa shape index (κ1) is 21.2. The van der Waals surface area contributed by atoms with Gasteiger partial charge in [-0.1, -0.05) is 48.0 Å². The molecule has 5 nitrogen and oxygen atoms in total. The fourth-order valence-corrected chi connectivity index (χ4v) is 4.41. The number of rotatable bonds is 6. The van der Waals surface area contributed by atoms with Gasteiger partial charge < -0.3 is 14.8 Å². The molecule has 31 heavy (non-hydrogen) atoms. The van der Waals surface area contributed by atoms with Gasteiger partial charge in [0, 0.05) is 56.3 Å². The van der Waals surface area contributed by atoms with E-state index in [1.165, 1.54) is 0 Å². The van der Waals surface area contributed by atoms with Crippen LogP contribution in [0, 0.1) is 0 Å². The van der Waals surface area contributed by atoms with E-state index in [2.05, 4.69) is 9.88 Å². The smallest absolute Gasteiger partial charge is 0.242 e. The Morgan fingerprint density at radius 1 is 1.03 bits per heavy atom. The van der Waals surface area contributed by atoms with Gasteiger partial charge in [-0.25, -0.2) is 0 Å².